The quantitative estimate of drug-likeness (QED) is 0.661. The number of H-pyrrole nitrogens is 2. The minimum absolute atomic E-state index is 0.0988. The summed E-state index contributed by atoms with van der Waals surface area (Å²) in [6.07, 6.45) is 4.96. The summed E-state index contributed by atoms with van der Waals surface area (Å²) in [7, 11) is 0. The van der Waals surface area contributed by atoms with Gasteiger partial charge in [-0.25, -0.2) is 9.97 Å². The van der Waals surface area contributed by atoms with Crippen LogP contribution in [0.2, 0.25) is 5.15 Å². The van der Waals surface area contributed by atoms with Crippen LogP contribution >= 0.6 is 11.6 Å². The molecule has 0 atom stereocenters. The highest BCUT2D eigenvalue weighted by Crippen LogP contribution is 2.17. The SMILES string of the molecule is CCCCc1nc(Cl)c(CN(CCO)Cc2cnc(C)[nH]2)[nH]1. The number of nitrogens with one attached hydrogen (secondary N) is 2. The molecule has 0 amide bonds. The average Bonchev–Trinajstić information content (AvgIpc) is 3.03. The van der Waals surface area contributed by atoms with E-state index >= 15 is 0 Å². The summed E-state index contributed by atoms with van der Waals surface area (Å²) in [4.78, 5) is 17.2. The molecule has 3 N–H and O–H groups in total. The standard InChI is InChI=1S/C15H24ClN5O/c1-3-4-5-14-19-13(15(16)20-14)10-21(6-7-22)9-12-8-17-11(2)18-12/h8,22H,3-7,9-10H2,1-2H3,(H,17,18)(H,19,20). The van der Waals surface area contributed by atoms with Crippen molar-refractivity contribution in [2.24, 2.45) is 0 Å². The van der Waals surface area contributed by atoms with Crippen molar-refractivity contribution in [3.63, 3.8) is 0 Å². The number of unbranched alkanes of at least 4 members (excludes halogenated alkanes) is 1. The number of aliphatic hydroxyl groups excluding tert-OH is 1. The number of halogens is 1. The number of aryl methyl sites for hydroxylation is 2. The fourth-order valence-electron chi connectivity index (χ4n) is 2.38. The fourth-order valence-corrected chi connectivity index (χ4v) is 2.59. The van der Waals surface area contributed by atoms with Crippen molar-refractivity contribution in [2.45, 2.75) is 46.2 Å². The minimum atomic E-state index is 0.0988. The van der Waals surface area contributed by atoms with Crippen molar-refractivity contribution < 1.29 is 5.11 Å². The van der Waals surface area contributed by atoms with Gasteiger partial charge in [0.25, 0.3) is 0 Å². The molecule has 22 heavy (non-hydrogen) atoms. The predicted octanol–water partition coefficient (Wildman–Crippen LogP) is 2.43. The number of aromatic amines is 2. The topological polar surface area (TPSA) is 80.8 Å². The lowest BCUT2D eigenvalue weighted by atomic mass is 10.2. The van der Waals surface area contributed by atoms with Gasteiger partial charge in [-0.05, 0) is 13.3 Å². The molecule has 2 heterocycles. The molecular weight excluding hydrogens is 302 g/mol. The van der Waals surface area contributed by atoms with E-state index in [-0.39, 0.29) is 6.61 Å². The Morgan fingerprint density at radius 3 is 2.77 bits per heavy atom. The Balaban J connectivity index is 2.02. The lowest BCUT2D eigenvalue weighted by Gasteiger charge is -2.19. The molecule has 0 bridgehead atoms. The third-order valence-electron chi connectivity index (χ3n) is 3.49. The minimum Gasteiger partial charge on any atom is -0.395 e. The zero-order valence-corrected chi connectivity index (χ0v) is 13.9. The van der Waals surface area contributed by atoms with E-state index in [9.17, 15) is 5.11 Å². The normalized spacial score (nSPS) is 11.5. The Morgan fingerprint density at radius 2 is 2.14 bits per heavy atom. The molecule has 7 heteroatoms. The highest BCUT2D eigenvalue weighted by molar-refractivity contribution is 6.30. The van der Waals surface area contributed by atoms with Crippen molar-refractivity contribution >= 4 is 11.6 Å². The van der Waals surface area contributed by atoms with Crippen LogP contribution in [-0.4, -0.2) is 43.1 Å². The lowest BCUT2D eigenvalue weighted by Crippen LogP contribution is -2.26. The van der Waals surface area contributed by atoms with Crippen LogP contribution < -0.4 is 0 Å². The van der Waals surface area contributed by atoms with Crippen LogP contribution in [-0.2, 0) is 19.5 Å². The monoisotopic (exact) mass is 325 g/mol. The first-order valence-corrected chi connectivity index (χ1v) is 8.07. The molecule has 0 radical (unpaired) electrons. The molecule has 2 rings (SSSR count). The number of hydrogen-bond donors (Lipinski definition) is 3. The molecule has 0 aliphatic rings. The van der Waals surface area contributed by atoms with E-state index in [1.165, 1.54) is 0 Å². The second-order valence-corrected chi connectivity index (χ2v) is 5.84. The van der Waals surface area contributed by atoms with E-state index in [1.54, 1.807) is 0 Å². The smallest absolute Gasteiger partial charge is 0.151 e. The molecule has 122 valence electrons. The molecule has 0 aliphatic carbocycles. The average molecular weight is 326 g/mol. The van der Waals surface area contributed by atoms with Gasteiger partial charge in [0.1, 0.15) is 11.6 Å². The van der Waals surface area contributed by atoms with Crippen LogP contribution in [0, 0.1) is 6.92 Å². The molecule has 0 aromatic carbocycles. The molecule has 0 aliphatic heterocycles. The van der Waals surface area contributed by atoms with E-state index < -0.39 is 0 Å². The highest BCUT2D eigenvalue weighted by atomic mass is 35.5. The Kier molecular flexibility index (Phi) is 6.42. The first-order valence-electron chi connectivity index (χ1n) is 7.69. The van der Waals surface area contributed by atoms with Gasteiger partial charge in [0.15, 0.2) is 5.15 Å². The number of nitrogens with zero attached hydrogens (tertiary/aromatic N) is 3. The van der Waals surface area contributed by atoms with Crippen molar-refractivity contribution in [1.29, 1.82) is 0 Å². The highest BCUT2D eigenvalue weighted by Gasteiger charge is 2.14. The Labute approximate surface area is 135 Å². The third kappa shape index (κ3) is 4.83. The Hall–Kier alpha value is -1.37. The second-order valence-electron chi connectivity index (χ2n) is 5.48. The van der Waals surface area contributed by atoms with E-state index in [4.69, 9.17) is 11.6 Å². The first kappa shape index (κ1) is 17.0. The van der Waals surface area contributed by atoms with E-state index in [2.05, 4.69) is 31.8 Å². The van der Waals surface area contributed by atoms with E-state index in [0.29, 0.717) is 24.8 Å². The van der Waals surface area contributed by atoms with Gasteiger partial charge in [-0.15, -0.1) is 0 Å². The number of imidazole rings is 2. The van der Waals surface area contributed by atoms with Crippen molar-refractivity contribution in [2.75, 3.05) is 13.2 Å². The number of rotatable bonds is 9. The first-order chi connectivity index (χ1) is 10.6. The fraction of sp³-hybridized carbons (Fsp3) is 0.600. The van der Waals surface area contributed by atoms with Crippen LogP contribution in [0.15, 0.2) is 6.20 Å². The van der Waals surface area contributed by atoms with Gasteiger partial charge in [-0.2, -0.15) is 0 Å². The molecule has 0 saturated heterocycles. The van der Waals surface area contributed by atoms with Gasteiger partial charge in [-0.1, -0.05) is 24.9 Å². The summed E-state index contributed by atoms with van der Waals surface area (Å²) in [6, 6.07) is 0. The molecule has 0 saturated carbocycles. The van der Waals surface area contributed by atoms with E-state index in [0.717, 1.165) is 42.3 Å². The van der Waals surface area contributed by atoms with Crippen molar-refractivity contribution in [1.82, 2.24) is 24.8 Å². The number of aliphatic hydroxyl groups is 1. The summed E-state index contributed by atoms with van der Waals surface area (Å²) < 4.78 is 0. The predicted molar refractivity (Wildman–Crippen MR) is 86.7 cm³/mol. The summed E-state index contributed by atoms with van der Waals surface area (Å²) in [5.74, 6) is 1.82. The molecular formula is C15H24ClN5O. The summed E-state index contributed by atoms with van der Waals surface area (Å²) >= 11 is 6.22. The van der Waals surface area contributed by atoms with Crippen LogP contribution in [0.1, 0.15) is 42.8 Å². The zero-order valence-electron chi connectivity index (χ0n) is 13.2. The number of aromatic nitrogens is 4. The third-order valence-corrected chi connectivity index (χ3v) is 3.80. The Morgan fingerprint density at radius 1 is 1.32 bits per heavy atom. The Bertz CT molecular complexity index is 580. The number of hydrogen-bond acceptors (Lipinski definition) is 4. The van der Waals surface area contributed by atoms with Gasteiger partial charge in [0, 0.05) is 37.9 Å². The van der Waals surface area contributed by atoms with Gasteiger partial charge in [0.05, 0.1) is 12.3 Å². The zero-order chi connectivity index (χ0) is 15.9. The van der Waals surface area contributed by atoms with Gasteiger partial charge >= 0.3 is 0 Å². The van der Waals surface area contributed by atoms with Crippen LogP contribution in [0.25, 0.3) is 0 Å². The molecule has 6 nitrogen and oxygen atoms in total. The molecule has 0 unspecified atom stereocenters. The molecule has 2 aromatic rings. The maximum absolute atomic E-state index is 9.26. The van der Waals surface area contributed by atoms with Gasteiger partial charge in [-0.3, -0.25) is 4.90 Å². The van der Waals surface area contributed by atoms with Crippen LogP contribution in [0.3, 0.4) is 0 Å². The molecule has 2 aromatic heterocycles. The van der Waals surface area contributed by atoms with E-state index in [1.807, 2.05) is 13.1 Å². The maximum atomic E-state index is 9.26. The van der Waals surface area contributed by atoms with Gasteiger partial charge < -0.3 is 15.1 Å². The summed E-state index contributed by atoms with van der Waals surface area (Å²) in [5, 5.41) is 9.79. The second kappa shape index (κ2) is 8.31. The van der Waals surface area contributed by atoms with Crippen molar-refractivity contribution in [3.05, 3.63) is 34.4 Å². The maximum Gasteiger partial charge on any atom is 0.151 e. The summed E-state index contributed by atoms with van der Waals surface area (Å²) in [5.41, 5.74) is 1.92. The molecule has 0 fully saturated rings. The summed E-state index contributed by atoms with van der Waals surface area (Å²) in [6.45, 7) is 6.05. The van der Waals surface area contributed by atoms with Crippen LogP contribution in [0.5, 0.6) is 0 Å². The largest absolute Gasteiger partial charge is 0.395 e. The molecule has 0 spiro atoms. The lowest BCUT2D eigenvalue weighted by molar-refractivity contribution is 0.181. The van der Waals surface area contributed by atoms with Crippen molar-refractivity contribution in [3.8, 4) is 0 Å². The van der Waals surface area contributed by atoms with Gasteiger partial charge in [0.2, 0.25) is 0 Å². The van der Waals surface area contributed by atoms with Crippen LogP contribution in [0.4, 0.5) is 0 Å².